The fraction of sp³-hybridized carbons (Fsp3) is 0.368. The van der Waals surface area contributed by atoms with E-state index in [9.17, 15) is 5.11 Å². The third-order valence-corrected chi connectivity index (χ3v) is 4.41. The lowest BCUT2D eigenvalue weighted by atomic mass is 10.0. The maximum atomic E-state index is 10.4. The smallest absolute Gasteiger partial charge is 0.165 e. The predicted molar refractivity (Wildman–Crippen MR) is 95.8 cm³/mol. The molecule has 128 valence electrons. The Kier molecular flexibility index (Phi) is 5.61. The molecular formula is C19H22ClNO3. The minimum Gasteiger partial charge on any atom is -0.504 e. The lowest BCUT2D eigenvalue weighted by Crippen LogP contribution is -2.27. The van der Waals surface area contributed by atoms with Gasteiger partial charge < -0.3 is 14.6 Å². The summed E-state index contributed by atoms with van der Waals surface area (Å²) in [4.78, 5) is 2.33. The number of aromatic hydroxyl groups is 1. The monoisotopic (exact) mass is 347 g/mol. The summed E-state index contributed by atoms with van der Waals surface area (Å²) in [5.41, 5.74) is 2.92. The number of phenols is 1. The molecule has 0 unspecified atom stereocenters. The number of halogens is 1. The highest BCUT2D eigenvalue weighted by molar-refractivity contribution is 6.30. The Morgan fingerprint density at radius 3 is 2.92 bits per heavy atom. The molecule has 1 aliphatic rings. The molecule has 0 radical (unpaired) electrons. The van der Waals surface area contributed by atoms with E-state index in [1.807, 2.05) is 24.3 Å². The van der Waals surface area contributed by atoms with Crippen molar-refractivity contribution in [2.24, 2.45) is 0 Å². The number of nitrogens with zero attached hydrogens (tertiary/aromatic N) is 1. The van der Waals surface area contributed by atoms with E-state index in [4.69, 9.17) is 21.1 Å². The van der Waals surface area contributed by atoms with Gasteiger partial charge in [0.05, 0.1) is 0 Å². The molecule has 0 fully saturated rings. The first-order chi connectivity index (χ1) is 11.7. The van der Waals surface area contributed by atoms with Gasteiger partial charge in [0.15, 0.2) is 11.5 Å². The van der Waals surface area contributed by atoms with Crippen LogP contribution >= 0.6 is 11.6 Å². The van der Waals surface area contributed by atoms with Crippen LogP contribution in [0.5, 0.6) is 11.5 Å². The second-order valence-electron chi connectivity index (χ2n) is 5.96. The molecule has 4 nitrogen and oxygen atoms in total. The van der Waals surface area contributed by atoms with Crippen LogP contribution in [-0.4, -0.2) is 43.4 Å². The number of rotatable bonds is 5. The minimum absolute atomic E-state index is 0.182. The lowest BCUT2D eigenvalue weighted by molar-refractivity contribution is 0.164. The van der Waals surface area contributed by atoms with Crippen LogP contribution in [-0.2, 0) is 11.3 Å². The van der Waals surface area contributed by atoms with E-state index < -0.39 is 0 Å². The molecule has 3 rings (SSSR count). The summed E-state index contributed by atoms with van der Waals surface area (Å²) in [6.07, 6.45) is 0.978. The first-order valence-electron chi connectivity index (χ1n) is 8.13. The number of hydrogen-bond donors (Lipinski definition) is 1. The van der Waals surface area contributed by atoms with Crippen LogP contribution in [0, 0.1) is 0 Å². The van der Waals surface area contributed by atoms with Gasteiger partial charge in [-0.05, 0) is 41.8 Å². The molecule has 2 aromatic rings. The highest BCUT2D eigenvalue weighted by atomic mass is 35.5. The van der Waals surface area contributed by atoms with Crippen LogP contribution in [0.3, 0.4) is 0 Å². The molecule has 0 amide bonds. The highest BCUT2D eigenvalue weighted by Crippen LogP contribution is 2.38. The van der Waals surface area contributed by atoms with Gasteiger partial charge in [-0.2, -0.15) is 0 Å². The van der Waals surface area contributed by atoms with E-state index >= 15 is 0 Å². The number of ether oxygens (including phenoxy) is 2. The molecule has 1 aliphatic heterocycles. The molecule has 0 atom stereocenters. The predicted octanol–water partition coefficient (Wildman–Crippen LogP) is 3.94. The summed E-state index contributed by atoms with van der Waals surface area (Å²) in [5, 5.41) is 11.1. The molecule has 2 aromatic carbocycles. The van der Waals surface area contributed by atoms with E-state index in [2.05, 4.69) is 11.0 Å². The van der Waals surface area contributed by atoms with Crippen LogP contribution in [0.2, 0.25) is 5.02 Å². The van der Waals surface area contributed by atoms with Crippen LogP contribution in [0.15, 0.2) is 36.4 Å². The highest BCUT2D eigenvalue weighted by Gasteiger charge is 2.19. The summed E-state index contributed by atoms with van der Waals surface area (Å²) in [5.74, 6) is 0.774. The van der Waals surface area contributed by atoms with E-state index in [0.717, 1.165) is 49.4 Å². The number of hydrogen-bond acceptors (Lipinski definition) is 4. The second-order valence-corrected chi connectivity index (χ2v) is 6.40. The fourth-order valence-electron chi connectivity index (χ4n) is 3.01. The molecule has 0 aromatic heterocycles. The Morgan fingerprint density at radius 2 is 2.12 bits per heavy atom. The third-order valence-electron chi connectivity index (χ3n) is 4.17. The Balaban J connectivity index is 1.88. The standard InChI is InChI=1S/C19H22ClNO3/c1-23-8-3-6-21-7-9-24-19-16(13-21)10-15(12-18(19)22)14-4-2-5-17(20)11-14/h2,4-5,10-12,22H,3,6-9,13H2,1H3. The minimum atomic E-state index is 0.182. The molecule has 24 heavy (non-hydrogen) atoms. The van der Waals surface area contributed by atoms with E-state index in [1.54, 1.807) is 13.2 Å². The van der Waals surface area contributed by atoms with Gasteiger partial charge in [0, 0.05) is 43.9 Å². The van der Waals surface area contributed by atoms with Crippen molar-refractivity contribution in [2.75, 3.05) is 33.4 Å². The van der Waals surface area contributed by atoms with Gasteiger partial charge >= 0.3 is 0 Å². The van der Waals surface area contributed by atoms with Gasteiger partial charge in [0.25, 0.3) is 0 Å². The SMILES string of the molecule is COCCCN1CCOc2c(O)cc(-c3cccc(Cl)c3)cc2C1. The van der Waals surface area contributed by atoms with E-state index in [1.165, 1.54) is 0 Å². The van der Waals surface area contributed by atoms with Crippen molar-refractivity contribution in [3.8, 4) is 22.6 Å². The van der Waals surface area contributed by atoms with Crippen molar-refractivity contribution in [2.45, 2.75) is 13.0 Å². The topological polar surface area (TPSA) is 41.9 Å². The number of phenolic OH excluding ortho intramolecular Hbond substituents is 1. The summed E-state index contributed by atoms with van der Waals surface area (Å²) in [6, 6.07) is 11.5. The van der Waals surface area contributed by atoms with E-state index in [-0.39, 0.29) is 5.75 Å². The van der Waals surface area contributed by atoms with Gasteiger partial charge in [-0.1, -0.05) is 23.7 Å². The number of benzene rings is 2. The van der Waals surface area contributed by atoms with Crippen LogP contribution < -0.4 is 4.74 Å². The average molecular weight is 348 g/mol. The van der Waals surface area contributed by atoms with Gasteiger partial charge in [0.2, 0.25) is 0 Å². The normalized spacial score (nSPS) is 14.8. The summed E-state index contributed by atoms with van der Waals surface area (Å²) in [6.45, 7) is 3.85. The van der Waals surface area contributed by atoms with Crippen molar-refractivity contribution in [1.29, 1.82) is 0 Å². The average Bonchev–Trinajstić information content (AvgIpc) is 2.77. The summed E-state index contributed by atoms with van der Waals surface area (Å²) < 4.78 is 10.9. The van der Waals surface area contributed by atoms with Crippen LogP contribution in [0.25, 0.3) is 11.1 Å². The third kappa shape index (κ3) is 4.01. The van der Waals surface area contributed by atoms with Crippen molar-refractivity contribution in [3.05, 3.63) is 47.0 Å². The zero-order valence-corrected chi connectivity index (χ0v) is 14.6. The van der Waals surface area contributed by atoms with Crippen LogP contribution in [0.1, 0.15) is 12.0 Å². The van der Waals surface area contributed by atoms with Gasteiger partial charge in [-0.15, -0.1) is 0 Å². The van der Waals surface area contributed by atoms with Crippen LogP contribution in [0.4, 0.5) is 0 Å². The van der Waals surface area contributed by atoms with Gasteiger partial charge in [0.1, 0.15) is 6.61 Å². The molecule has 5 heteroatoms. The molecule has 0 aliphatic carbocycles. The van der Waals surface area contributed by atoms with Crippen molar-refractivity contribution in [3.63, 3.8) is 0 Å². The molecular weight excluding hydrogens is 326 g/mol. The molecule has 1 heterocycles. The molecule has 0 spiro atoms. The van der Waals surface area contributed by atoms with Crippen molar-refractivity contribution >= 4 is 11.6 Å². The van der Waals surface area contributed by atoms with Crippen molar-refractivity contribution in [1.82, 2.24) is 4.90 Å². The Morgan fingerprint density at radius 1 is 1.25 bits per heavy atom. The van der Waals surface area contributed by atoms with E-state index in [0.29, 0.717) is 17.4 Å². The first kappa shape index (κ1) is 17.1. The zero-order valence-electron chi connectivity index (χ0n) is 13.8. The fourth-order valence-corrected chi connectivity index (χ4v) is 3.20. The summed E-state index contributed by atoms with van der Waals surface area (Å²) in [7, 11) is 1.72. The Bertz CT molecular complexity index is 705. The summed E-state index contributed by atoms with van der Waals surface area (Å²) >= 11 is 6.09. The Labute approximate surface area is 147 Å². The molecule has 0 saturated carbocycles. The molecule has 0 bridgehead atoms. The number of fused-ring (bicyclic) bond motifs is 1. The van der Waals surface area contributed by atoms with Gasteiger partial charge in [-0.25, -0.2) is 0 Å². The molecule has 0 saturated heterocycles. The zero-order chi connectivity index (χ0) is 16.9. The Hall–Kier alpha value is -1.75. The maximum Gasteiger partial charge on any atom is 0.165 e. The largest absolute Gasteiger partial charge is 0.504 e. The van der Waals surface area contributed by atoms with Gasteiger partial charge in [-0.3, -0.25) is 4.90 Å². The number of methoxy groups -OCH3 is 1. The lowest BCUT2D eigenvalue weighted by Gasteiger charge is -2.19. The first-order valence-corrected chi connectivity index (χ1v) is 8.51. The second kappa shape index (κ2) is 7.88. The quantitative estimate of drug-likeness (QED) is 0.832. The van der Waals surface area contributed by atoms with Crippen molar-refractivity contribution < 1.29 is 14.6 Å². The maximum absolute atomic E-state index is 10.4. The molecule has 1 N–H and O–H groups in total.